The third-order valence-electron chi connectivity index (χ3n) is 3.72. The molecule has 1 aromatic carbocycles. The maximum absolute atomic E-state index is 12.8. The Hall–Kier alpha value is -3.55. The summed E-state index contributed by atoms with van der Waals surface area (Å²) in [4.78, 5) is 51.5. The van der Waals surface area contributed by atoms with Gasteiger partial charge in [-0.15, -0.1) is 0 Å². The second-order valence-corrected chi connectivity index (χ2v) is 5.07. The van der Waals surface area contributed by atoms with E-state index < -0.39 is 17.2 Å². The summed E-state index contributed by atoms with van der Waals surface area (Å²) >= 11 is 0. The van der Waals surface area contributed by atoms with Crippen LogP contribution in [0.2, 0.25) is 0 Å². The van der Waals surface area contributed by atoms with Crippen molar-refractivity contribution in [2.75, 3.05) is 0 Å². The van der Waals surface area contributed by atoms with Crippen molar-refractivity contribution in [1.82, 2.24) is 14.1 Å². The minimum atomic E-state index is -1.19. The quantitative estimate of drug-likeness (QED) is 0.706. The van der Waals surface area contributed by atoms with Gasteiger partial charge in [-0.2, -0.15) is 0 Å². The minimum Gasteiger partial charge on any atom is -0.478 e. The van der Waals surface area contributed by atoms with Crippen LogP contribution in [0.3, 0.4) is 0 Å². The standard InChI is InChI=1S/C16H11N3O5/c1-18-12-3-2-9(15(22)23)6-11(12)14(21)19(16(18)24)13-7-17-5-4-10(13)8-20/h2-8H,1H3,(H,22,23). The van der Waals surface area contributed by atoms with Crippen molar-refractivity contribution in [3.8, 4) is 5.69 Å². The van der Waals surface area contributed by atoms with Gasteiger partial charge in [0.2, 0.25) is 0 Å². The number of benzene rings is 1. The average molecular weight is 325 g/mol. The lowest BCUT2D eigenvalue weighted by molar-refractivity contribution is 0.0697. The number of aryl methyl sites for hydroxylation is 1. The summed E-state index contributed by atoms with van der Waals surface area (Å²) in [6, 6.07) is 5.30. The van der Waals surface area contributed by atoms with Gasteiger partial charge in [0.05, 0.1) is 28.4 Å². The van der Waals surface area contributed by atoms with Crippen LogP contribution in [-0.4, -0.2) is 31.5 Å². The first-order chi connectivity index (χ1) is 11.5. The second kappa shape index (κ2) is 5.58. The number of pyridine rings is 1. The molecule has 0 unspecified atom stereocenters. The molecule has 0 saturated carbocycles. The molecule has 2 heterocycles. The molecule has 24 heavy (non-hydrogen) atoms. The summed E-state index contributed by atoms with van der Waals surface area (Å²) in [6.07, 6.45) is 3.12. The molecule has 0 spiro atoms. The Labute approximate surface area is 134 Å². The molecule has 0 radical (unpaired) electrons. The molecule has 0 amide bonds. The maximum atomic E-state index is 12.8. The highest BCUT2D eigenvalue weighted by atomic mass is 16.4. The van der Waals surface area contributed by atoms with Gasteiger partial charge in [-0.05, 0) is 24.3 Å². The number of carboxylic acids is 1. The van der Waals surface area contributed by atoms with E-state index in [-0.39, 0.29) is 22.2 Å². The molecule has 3 aromatic rings. The Morgan fingerprint density at radius 3 is 2.67 bits per heavy atom. The first-order valence-corrected chi connectivity index (χ1v) is 6.84. The smallest absolute Gasteiger partial charge is 0.335 e. The van der Waals surface area contributed by atoms with Crippen molar-refractivity contribution in [2.45, 2.75) is 0 Å². The van der Waals surface area contributed by atoms with Gasteiger partial charge in [0.25, 0.3) is 5.56 Å². The van der Waals surface area contributed by atoms with Crippen LogP contribution in [0.5, 0.6) is 0 Å². The van der Waals surface area contributed by atoms with Crippen LogP contribution in [0, 0.1) is 0 Å². The fourth-order valence-electron chi connectivity index (χ4n) is 2.49. The van der Waals surface area contributed by atoms with E-state index in [1.807, 2.05) is 0 Å². The Morgan fingerprint density at radius 2 is 2.00 bits per heavy atom. The molecular formula is C16H11N3O5. The van der Waals surface area contributed by atoms with Crippen LogP contribution in [-0.2, 0) is 7.05 Å². The summed E-state index contributed by atoms with van der Waals surface area (Å²) < 4.78 is 2.02. The Bertz CT molecular complexity index is 1110. The van der Waals surface area contributed by atoms with Crippen LogP contribution >= 0.6 is 0 Å². The molecule has 0 atom stereocenters. The number of aromatic nitrogens is 3. The molecule has 2 aromatic heterocycles. The number of carbonyl (C=O) groups excluding carboxylic acids is 1. The van der Waals surface area contributed by atoms with Crippen molar-refractivity contribution in [1.29, 1.82) is 0 Å². The SMILES string of the molecule is Cn1c(=O)n(-c2cnccc2C=O)c(=O)c2cc(C(=O)O)ccc21. The zero-order valence-corrected chi connectivity index (χ0v) is 12.5. The highest BCUT2D eigenvalue weighted by Gasteiger charge is 2.16. The van der Waals surface area contributed by atoms with Gasteiger partial charge in [-0.25, -0.2) is 14.2 Å². The van der Waals surface area contributed by atoms with Crippen LogP contribution in [0.15, 0.2) is 46.2 Å². The van der Waals surface area contributed by atoms with Crippen molar-refractivity contribution >= 4 is 23.2 Å². The first-order valence-electron chi connectivity index (χ1n) is 6.84. The lowest BCUT2D eigenvalue weighted by Gasteiger charge is -2.12. The monoisotopic (exact) mass is 325 g/mol. The fraction of sp³-hybridized carbons (Fsp3) is 0.0625. The largest absolute Gasteiger partial charge is 0.478 e. The van der Waals surface area contributed by atoms with E-state index in [4.69, 9.17) is 5.11 Å². The van der Waals surface area contributed by atoms with E-state index in [2.05, 4.69) is 4.98 Å². The third kappa shape index (κ3) is 2.21. The lowest BCUT2D eigenvalue weighted by Crippen LogP contribution is -2.38. The molecule has 8 nitrogen and oxygen atoms in total. The fourth-order valence-corrected chi connectivity index (χ4v) is 2.49. The van der Waals surface area contributed by atoms with Crippen LogP contribution in [0.1, 0.15) is 20.7 Å². The normalized spacial score (nSPS) is 10.7. The van der Waals surface area contributed by atoms with E-state index in [0.717, 1.165) is 4.57 Å². The predicted octanol–water partition coefficient (Wildman–Crippen LogP) is 0.595. The summed E-state index contributed by atoms with van der Waals surface area (Å²) in [6.45, 7) is 0. The number of nitrogens with zero attached hydrogens (tertiary/aromatic N) is 3. The van der Waals surface area contributed by atoms with Gasteiger partial charge in [0.15, 0.2) is 6.29 Å². The van der Waals surface area contributed by atoms with Crippen LogP contribution in [0.25, 0.3) is 16.6 Å². The molecule has 0 aliphatic heterocycles. The average Bonchev–Trinajstić information content (AvgIpc) is 2.60. The molecule has 8 heteroatoms. The topological polar surface area (TPSA) is 111 Å². The zero-order chi connectivity index (χ0) is 17.4. The molecule has 0 aliphatic carbocycles. The lowest BCUT2D eigenvalue weighted by atomic mass is 10.1. The van der Waals surface area contributed by atoms with Crippen LogP contribution in [0.4, 0.5) is 0 Å². The molecule has 3 rings (SSSR count). The van der Waals surface area contributed by atoms with Crippen molar-refractivity contribution in [2.24, 2.45) is 7.05 Å². The van der Waals surface area contributed by atoms with E-state index in [1.165, 1.54) is 48.3 Å². The van der Waals surface area contributed by atoms with E-state index in [0.29, 0.717) is 11.8 Å². The van der Waals surface area contributed by atoms with E-state index in [9.17, 15) is 19.2 Å². The summed E-state index contributed by atoms with van der Waals surface area (Å²) in [7, 11) is 1.46. The maximum Gasteiger partial charge on any atom is 0.335 e. The van der Waals surface area contributed by atoms with Crippen LogP contribution < -0.4 is 11.2 Å². The van der Waals surface area contributed by atoms with Gasteiger partial charge in [0, 0.05) is 18.8 Å². The molecule has 0 saturated heterocycles. The number of carboxylic acid groups (broad SMARTS) is 1. The highest BCUT2D eigenvalue weighted by molar-refractivity contribution is 5.93. The van der Waals surface area contributed by atoms with Gasteiger partial charge in [-0.3, -0.25) is 19.1 Å². The molecule has 0 aliphatic rings. The van der Waals surface area contributed by atoms with Crippen molar-refractivity contribution in [3.63, 3.8) is 0 Å². The van der Waals surface area contributed by atoms with Gasteiger partial charge in [0.1, 0.15) is 0 Å². The molecule has 1 N–H and O–H groups in total. The zero-order valence-electron chi connectivity index (χ0n) is 12.5. The van der Waals surface area contributed by atoms with Gasteiger partial charge >= 0.3 is 11.7 Å². The predicted molar refractivity (Wildman–Crippen MR) is 84.9 cm³/mol. The molecule has 0 fully saturated rings. The van der Waals surface area contributed by atoms with Gasteiger partial charge in [-0.1, -0.05) is 0 Å². The first kappa shape index (κ1) is 15.3. The van der Waals surface area contributed by atoms with Crippen molar-refractivity contribution < 1.29 is 14.7 Å². The number of fused-ring (bicyclic) bond motifs is 1. The summed E-state index contributed by atoms with van der Waals surface area (Å²) in [5.74, 6) is -1.19. The Kier molecular flexibility index (Phi) is 3.57. The molecular weight excluding hydrogens is 314 g/mol. The Balaban J connectivity index is 2.50. The Morgan fingerprint density at radius 1 is 1.25 bits per heavy atom. The summed E-state index contributed by atoms with van der Waals surface area (Å²) in [5.41, 5.74) is -0.993. The highest BCUT2D eigenvalue weighted by Crippen LogP contribution is 2.13. The summed E-state index contributed by atoms with van der Waals surface area (Å²) in [5, 5.41) is 9.15. The van der Waals surface area contributed by atoms with E-state index >= 15 is 0 Å². The minimum absolute atomic E-state index is 0.0423. The second-order valence-electron chi connectivity index (χ2n) is 5.07. The molecule has 120 valence electrons. The number of hydrogen-bond donors (Lipinski definition) is 1. The number of hydrogen-bond acceptors (Lipinski definition) is 5. The number of aldehydes is 1. The molecule has 0 bridgehead atoms. The number of rotatable bonds is 3. The third-order valence-corrected chi connectivity index (χ3v) is 3.72. The number of carbonyl (C=O) groups is 2. The van der Waals surface area contributed by atoms with Gasteiger partial charge < -0.3 is 5.11 Å². The van der Waals surface area contributed by atoms with Crippen molar-refractivity contribution in [3.05, 3.63) is 68.6 Å². The number of aromatic carboxylic acids is 1. The van der Waals surface area contributed by atoms with E-state index in [1.54, 1.807) is 0 Å².